The fourth-order valence-corrected chi connectivity index (χ4v) is 3.40. The summed E-state index contributed by atoms with van der Waals surface area (Å²) in [7, 11) is 3.42. The van der Waals surface area contributed by atoms with Crippen molar-refractivity contribution in [1.82, 2.24) is 25.1 Å². The van der Waals surface area contributed by atoms with Crippen LogP contribution in [0.15, 0.2) is 52.5 Å². The lowest BCUT2D eigenvalue weighted by molar-refractivity contribution is 0.0827. The van der Waals surface area contributed by atoms with Crippen LogP contribution in [0.3, 0.4) is 0 Å². The Morgan fingerprint density at radius 1 is 1.07 bits per heavy atom. The summed E-state index contributed by atoms with van der Waals surface area (Å²) in [5.74, 6) is 0.413. The van der Waals surface area contributed by atoms with Gasteiger partial charge in [0, 0.05) is 25.2 Å². The third kappa shape index (κ3) is 3.61. The Morgan fingerprint density at radius 2 is 1.79 bits per heavy atom. The zero-order valence-corrected chi connectivity index (χ0v) is 16.3. The van der Waals surface area contributed by atoms with Crippen LogP contribution >= 0.6 is 11.3 Å². The van der Waals surface area contributed by atoms with E-state index in [9.17, 15) is 4.79 Å². The van der Waals surface area contributed by atoms with Gasteiger partial charge in [0.05, 0.1) is 23.7 Å². The molecule has 0 bridgehead atoms. The van der Waals surface area contributed by atoms with Crippen molar-refractivity contribution in [3.8, 4) is 39.7 Å². The molecule has 142 valence electrons. The molecule has 0 saturated heterocycles. The number of benzene rings is 1. The summed E-state index contributed by atoms with van der Waals surface area (Å²) in [5, 5.41) is 19.0. The van der Waals surface area contributed by atoms with E-state index in [0.717, 1.165) is 5.56 Å². The maximum Gasteiger partial charge on any atom is 0.268 e. The van der Waals surface area contributed by atoms with Crippen LogP contribution in [0.4, 0.5) is 0 Å². The average molecular weight is 402 g/mol. The van der Waals surface area contributed by atoms with E-state index in [1.807, 2.05) is 12.1 Å². The van der Waals surface area contributed by atoms with Gasteiger partial charge in [0.1, 0.15) is 16.6 Å². The Labute approximate surface area is 170 Å². The van der Waals surface area contributed by atoms with Gasteiger partial charge in [-0.05, 0) is 23.6 Å². The van der Waals surface area contributed by atoms with Crippen molar-refractivity contribution in [2.75, 3.05) is 14.1 Å². The summed E-state index contributed by atoms with van der Waals surface area (Å²) >= 11 is 1.36. The van der Waals surface area contributed by atoms with Gasteiger partial charge in [0.15, 0.2) is 0 Å². The number of hydrogen-bond donors (Lipinski definition) is 0. The number of aromatic nitrogens is 4. The quantitative estimate of drug-likeness (QED) is 0.514. The van der Waals surface area contributed by atoms with Crippen molar-refractivity contribution in [2.24, 2.45) is 0 Å². The molecular weight excluding hydrogens is 388 g/mol. The van der Waals surface area contributed by atoms with Crippen molar-refractivity contribution >= 4 is 17.2 Å². The van der Waals surface area contributed by atoms with Crippen LogP contribution in [0, 0.1) is 11.3 Å². The number of hydrogen-bond acceptors (Lipinski definition) is 8. The number of nitrogens with zero attached hydrogens (tertiary/aromatic N) is 6. The molecule has 0 N–H and O–H groups in total. The molecule has 1 aromatic carbocycles. The minimum Gasteiger partial charge on any atom is -0.414 e. The molecule has 0 atom stereocenters. The molecule has 0 saturated carbocycles. The smallest absolute Gasteiger partial charge is 0.268 e. The molecule has 29 heavy (non-hydrogen) atoms. The van der Waals surface area contributed by atoms with E-state index >= 15 is 0 Å². The van der Waals surface area contributed by atoms with Crippen LogP contribution in [0.1, 0.15) is 15.9 Å². The van der Waals surface area contributed by atoms with Crippen LogP contribution in [0.5, 0.6) is 0 Å². The fourth-order valence-electron chi connectivity index (χ4n) is 2.63. The number of carbonyl (C=O) groups is 1. The van der Waals surface area contributed by atoms with E-state index in [1.165, 1.54) is 22.4 Å². The van der Waals surface area contributed by atoms with Crippen LogP contribution in [-0.4, -0.2) is 45.1 Å². The maximum atomic E-state index is 12.0. The first kappa shape index (κ1) is 18.5. The second-order valence-corrected chi connectivity index (χ2v) is 7.17. The zero-order valence-electron chi connectivity index (χ0n) is 15.5. The van der Waals surface area contributed by atoms with Crippen molar-refractivity contribution in [3.05, 3.63) is 59.2 Å². The van der Waals surface area contributed by atoms with Crippen LogP contribution in [0.2, 0.25) is 0 Å². The first-order valence-corrected chi connectivity index (χ1v) is 9.41. The molecule has 0 radical (unpaired) electrons. The van der Waals surface area contributed by atoms with Crippen molar-refractivity contribution in [3.63, 3.8) is 0 Å². The van der Waals surface area contributed by atoms with Crippen LogP contribution < -0.4 is 0 Å². The van der Waals surface area contributed by atoms with Crippen LogP contribution in [0.25, 0.3) is 33.6 Å². The van der Waals surface area contributed by atoms with Gasteiger partial charge in [-0.2, -0.15) is 5.26 Å². The maximum absolute atomic E-state index is 12.0. The molecule has 8 nitrogen and oxygen atoms in total. The molecule has 0 spiro atoms. The van der Waals surface area contributed by atoms with Crippen LogP contribution in [-0.2, 0) is 0 Å². The van der Waals surface area contributed by atoms with Crippen molar-refractivity contribution < 1.29 is 9.21 Å². The topological polar surface area (TPSA) is 109 Å². The van der Waals surface area contributed by atoms with Crippen molar-refractivity contribution in [1.29, 1.82) is 5.26 Å². The van der Waals surface area contributed by atoms with Gasteiger partial charge in [-0.15, -0.1) is 21.5 Å². The molecule has 0 fully saturated rings. The monoisotopic (exact) mass is 402 g/mol. The molecule has 0 aliphatic heterocycles. The highest BCUT2D eigenvalue weighted by Gasteiger charge is 2.17. The summed E-state index contributed by atoms with van der Waals surface area (Å²) in [5.41, 5.74) is 2.91. The van der Waals surface area contributed by atoms with Gasteiger partial charge in [-0.3, -0.25) is 9.78 Å². The zero-order chi connectivity index (χ0) is 20.4. The average Bonchev–Trinajstić information content (AvgIpc) is 3.42. The third-order valence-electron chi connectivity index (χ3n) is 4.09. The number of carbonyl (C=O) groups excluding carboxylic acids is 1. The summed E-state index contributed by atoms with van der Waals surface area (Å²) < 4.78 is 5.71. The number of amides is 1. The van der Waals surface area contributed by atoms with Gasteiger partial charge in [-0.1, -0.05) is 12.1 Å². The predicted octanol–water partition coefficient (Wildman–Crippen LogP) is 3.50. The predicted molar refractivity (Wildman–Crippen MR) is 107 cm³/mol. The summed E-state index contributed by atoms with van der Waals surface area (Å²) in [6, 6.07) is 10.9. The molecular formula is C20H14N6O2S. The molecule has 0 aliphatic carbocycles. The largest absolute Gasteiger partial charge is 0.414 e. The van der Waals surface area contributed by atoms with Gasteiger partial charge < -0.3 is 9.32 Å². The molecule has 1 amide bonds. The summed E-state index contributed by atoms with van der Waals surface area (Å²) in [6.07, 6.45) is 3.15. The SMILES string of the molecule is CN(C)C(=O)c1ccc(-c2cncc(-c3nnc(-c4sccc4C#N)o3)n2)cc1. The first-order valence-electron chi connectivity index (χ1n) is 8.53. The Kier molecular flexibility index (Phi) is 4.85. The molecule has 4 aromatic rings. The van der Waals surface area contributed by atoms with E-state index < -0.39 is 0 Å². The molecule has 9 heteroatoms. The van der Waals surface area contributed by atoms with E-state index in [0.29, 0.717) is 27.4 Å². The lowest BCUT2D eigenvalue weighted by atomic mass is 10.1. The standard InChI is InChI=1S/C20H14N6O2S/c1-26(2)20(27)13-5-3-12(4-6-13)15-10-22-11-16(23-15)18-24-25-19(28-18)17-14(9-21)7-8-29-17/h3-8,10-11H,1-2H3. The minimum atomic E-state index is -0.0694. The summed E-state index contributed by atoms with van der Waals surface area (Å²) in [6.45, 7) is 0. The van der Waals surface area contributed by atoms with Crippen molar-refractivity contribution in [2.45, 2.75) is 0 Å². The normalized spacial score (nSPS) is 10.5. The fraction of sp³-hybridized carbons (Fsp3) is 0.100. The van der Waals surface area contributed by atoms with E-state index in [-0.39, 0.29) is 17.7 Å². The Morgan fingerprint density at radius 3 is 2.52 bits per heavy atom. The first-order chi connectivity index (χ1) is 14.1. The third-order valence-corrected chi connectivity index (χ3v) is 4.99. The summed E-state index contributed by atoms with van der Waals surface area (Å²) in [4.78, 5) is 22.9. The van der Waals surface area contributed by atoms with Gasteiger partial charge in [-0.25, -0.2) is 4.98 Å². The second-order valence-electron chi connectivity index (χ2n) is 6.25. The Bertz CT molecular complexity index is 1220. The van der Waals surface area contributed by atoms with E-state index in [1.54, 1.807) is 43.9 Å². The minimum absolute atomic E-state index is 0.0694. The lowest BCUT2D eigenvalue weighted by Crippen LogP contribution is -2.21. The lowest BCUT2D eigenvalue weighted by Gasteiger charge is -2.10. The van der Waals surface area contributed by atoms with E-state index in [4.69, 9.17) is 9.68 Å². The second kappa shape index (κ2) is 7.61. The Hall–Kier alpha value is -3.90. The molecule has 0 aliphatic rings. The van der Waals surface area contributed by atoms with Gasteiger partial charge >= 0.3 is 0 Å². The highest BCUT2D eigenvalue weighted by molar-refractivity contribution is 7.13. The van der Waals surface area contributed by atoms with E-state index in [2.05, 4.69) is 26.2 Å². The number of thiophene rings is 1. The molecule has 3 heterocycles. The molecule has 0 unspecified atom stereocenters. The van der Waals surface area contributed by atoms with Gasteiger partial charge in [0.25, 0.3) is 17.7 Å². The number of nitriles is 1. The number of rotatable bonds is 4. The van der Waals surface area contributed by atoms with Gasteiger partial charge in [0.2, 0.25) is 0 Å². The Balaban J connectivity index is 1.63. The highest BCUT2D eigenvalue weighted by atomic mass is 32.1. The molecule has 3 aromatic heterocycles. The highest BCUT2D eigenvalue weighted by Crippen LogP contribution is 2.30. The molecule has 4 rings (SSSR count).